The Hall–Kier alpha value is -3.22. The summed E-state index contributed by atoms with van der Waals surface area (Å²) in [6, 6.07) is -0.247. The van der Waals surface area contributed by atoms with E-state index in [9.17, 15) is 22.8 Å². The van der Waals surface area contributed by atoms with E-state index >= 15 is 0 Å². The number of aromatic nitrogens is 4. The molecule has 2 aromatic rings. The third-order valence-electron chi connectivity index (χ3n) is 5.53. The molecule has 0 unspecified atom stereocenters. The highest BCUT2D eigenvalue weighted by Gasteiger charge is 2.32. The number of rotatable bonds is 8. The fourth-order valence-electron chi connectivity index (χ4n) is 3.61. The molecule has 1 aliphatic heterocycles. The van der Waals surface area contributed by atoms with Crippen molar-refractivity contribution in [1.29, 1.82) is 0 Å². The van der Waals surface area contributed by atoms with Crippen LogP contribution in [0.3, 0.4) is 0 Å². The Labute approximate surface area is 194 Å². The van der Waals surface area contributed by atoms with Crippen molar-refractivity contribution in [3.8, 4) is 0 Å². The molecule has 0 saturated carbocycles. The lowest BCUT2D eigenvalue weighted by Gasteiger charge is -2.40. The molecule has 0 radical (unpaired) electrons. The number of H-pyrrole nitrogens is 1. The van der Waals surface area contributed by atoms with Crippen LogP contribution in [-0.2, 0) is 15.7 Å². The molecule has 2 atom stereocenters. The van der Waals surface area contributed by atoms with Crippen LogP contribution in [0.5, 0.6) is 0 Å². The number of piperazine rings is 1. The zero-order valence-corrected chi connectivity index (χ0v) is 19.2. The van der Waals surface area contributed by atoms with Gasteiger partial charge >= 0.3 is 6.18 Å². The van der Waals surface area contributed by atoms with E-state index < -0.39 is 11.7 Å². The number of nitrogens with one attached hydrogen (secondary N) is 2. The first-order chi connectivity index (χ1) is 16.1. The highest BCUT2D eigenvalue weighted by atomic mass is 19.4. The van der Waals surface area contributed by atoms with E-state index in [1.54, 1.807) is 16.7 Å². The van der Waals surface area contributed by atoms with E-state index in [4.69, 9.17) is 4.74 Å². The maximum atomic E-state index is 12.7. The molecule has 0 aliphatic carbocycles. The van der Waals surface area contributed by atoms with Crippen molar-refractivity contribution in [1.82, 2.24) is 25.1 Å². The van der Waals surface area contributed by atoms with Gasteiger partial charge in [-0.25, -0.2) is 15.1 Å². The molecule has 13 heteroatoms. The number of carbonyl (C=O) groups is 1. The van der Waals surface area contributed by atoms with E-state index in [2.05, 4.69) is 25.5 Å². The van der Waals surface area contributed by atoms with E-state index in [-0.39, 0.29) is 42.5 Å². The third kappa shape index (κ3) is 6.43. The molecule has 0 bridgehead atoms. The maximum absolute atomic E-state index is 12.7. The van der Waals surface area contributed by atoms with Crippen LogP contribution in [0.25, 0.3) is 0 Å². The molecule has 10 nitrogen and oxygen atoms in total. The highest BCUT2D eigenvalue weighted by Crippen LogP contribution is 2.28. The van der Waals surface area contributed by atoms with Crippen LogP contribution in [0.1, 0.15) is 31.4 Å². The summed E-state index contributed by atoms with van der Waals surface area (Å²) in [6.45, 7) is 7.30. The molecule has 0 aromatic carbocycles. The largest absolute Gasteiger partial charge is 0.419 e. The van der Waals surface area contributed by atoms with Gasteiger partial charge < -0.3 is 19.9 Å². The lowest BCUT2D eigenvalue weighted by Crippen LogP contribution is -2.54. The van der Waals surface area contributed by atoms with Crippen LogP contribution in [0.4, 0.5) is 24.8 Å². The summed E-state index contributed by atoms with van der Waals surface area (Å²) in [6.07, 6.45) is -1.20. The predicted octanol–water partition coefficient (Wildman–Crippen LogP) is 1.83. The first kappa shape index (κ1) is 25.4. The summed E-state index contributed by atoms with van der Waals surface area (Å²) in [7, 11) is 0. The van der Waals surface area contributed by atoms with Crippen molar-refractivity contribution < 1.29 is 22.7 Å². The number of hydrogen-bond acceptors (Lipinski definition) is 8. The van der Waals surface area contributed by atoms with Crippen molar-refractivity contribution in [2.45, 2.75) is 45.5 Å². The number of anilines is 2. The van der Waals surface area contributed by atoms with Crippen LogP contribution in [0, 0.1) is 6.92 Å². The van der Waals surface area contributed by atoms with Gasteiger partial charge in [0.15, 0.2) is 0 Å². The third-order valence-corrected chi connectivity index (χ3v) is 5.53. The Morgan fingerprint density at radius 1 is 1.29 bits per heavy atom. The first-order valence-electron chi connectivity index (χ1n) is 10.9. The number of ether oxygens (including phenoxy) is 1. The van der Waals surface area contributed by atoms with Crippen LogP contribution in [0.2, 0.25) is 0 Å². The molecule has 2 aromatic heterocycles. The summed E-state index contributed by atoms with van der Waals surface area (Å²) < 4.78 is 43.7. The van der Waals surface area contributed by atoms with Crippen molar-refractivity contribution >= 4 is 17.5 Å². The summed E-state index contributed by atoms with van der Waals surface area (Å²) in [5.74, 6) is 0.151. The zero-order valence-electron chi connectivity index (χ0n) is 19.2. The Kier molecular flexibility index (Phi) is 8.07. The van der Waals surface area contributed by atoms with Crippen molar-refractivity contribution in [2.75, 3.05) is 43.1 Å². The lowest BCUT2D eigenvalue weighted by atomic mass is 10.2. The highest BCUT2D eigenvalue weighted by molar-refractivity contribution is 5.77. The zero-order chi connectivity index (χ0) is 24.9. The number of amides is 1. The number of nitrogens with zero attached hydrogens (tertiary/aromatic N) is 5. The summed E-state index contributed by atoms with van der Waals surface area (Å²) >= 11 is 0. The average molecular weight is 483 g/mol. The molecule has 34 heavy (non-hydrogen) atoms. The predicted molar refractivity (Wildman–Crippen MR) is 119 cm³/mol. The molecule has 1 amide bonds. The monoisotopic (exact) mass is 483 g/mol. The summed E-state index contributed by atoms with van der Waals surface area (Å²) in [4.78, 5) is 35.4. The average Bonchev–Trinajstić information content (AvgIpc) is 2.79. The molecule has 1 saturated heterocycles. The molecular weight excluding hydrogens is 455 g/mol. The first-order valence-corrected chi connectivity index (χ1v) is 10.9. The fraction of sp³-hybridized carbons (Fsp3) is 0.571. The Morgan fingerprint density at radius 3 is 2.65 bits per heavy atom. The van der Waals surface area contributed by atoms with Gasteiger partial charge in [-0.15, -0.1) is 0 Å². The van der Waals surface area contributed by atoms with Crippen LogP contribution in [0.15, 0.2) is 23.4 Å². The van der Waals surface area contributed by atoms with Gasteiger partial charge in [0.25, 0.3) is 5.56 Å². The molecule has 1 aliphatic rings. The van der Waals surface area contributed by atoms with Gasteiger partial charge in [0, 0.05) is 49.7 Å². The number of halogens is 3. The fourth-order valence-corrected chi connectivity index (χ4v) is 3.61. The molecule has 3 heterocycles. The number of alkyl halides is 3. The van der Waals surface area contributed by atoms with Gasteiger partial charge in [0.1, 0.15) is 0 Å². The second-order valence-electron chi connectivity index (χ2n) is 8.26. The normalized spacial score (nSPS) is 17.5. The van der Waals surface area contributed by atoms with E-state index in [1.165, 1.54) is 6.20 Å². The quantitative estimate of drug-likeness (QED) is 0.547. The number of carbonyl (C=O) groups excluding carboxylic acids is 1. The van der Waals surface area contributed by atoms with E-state index in [1.807, 2.05) is 13.8 Å². The molecule has 2 N–H and O–H groups in total. The minimum Gasteiger partial charge on any atom is -0.379 e. The smallest absolute Gasteiger partial charge is 0.379 e. The van der Waals surface area contributed by atoms with Crippen molar-refractivity contribution in [3.05, 3.63) is 40.1 Å². The van der Waals surface area contributed by atoms with Gasteiger partial charge in [0.05, 0.1) is 37.1 Å². The standard InChI is InChI=1S/C21H28F3N7O3/c1-13(28-17-10-27-29-19(33)15(17)3)12-34-7-4-18(32)31-6-5-30(11-14(31)2)20-25-8-16(9-26-20)21(22,23)24/h8-10,13-14H,4-7,11-12H2,1-3H3,(H2,28,29,33)/t13-,14-/m0/s1. The second-order valence-corrected chi connectivity index (χ2v) is 8.26. The summed E-state index contributed by atoms with van der Waals surface area (Å²) in [5, 5.41) is 9.29. The van der Waals surface area contributed by atoms with Crippen LogP contribution in [-0.4, -0.2) is 75.9 Å². The number of aromatic amines is 1. The van der Waals surface area contributed by atoms with Gasteiger partial charge in [-0.3, -0.25) is 9.59 Å². The van der Waals surface area contributed by atoms with Gasteiger partial charge in [-0.05, 0) is 20.8 Å². The van der Waals surface area contributed by atoms with E-state index in [0.29, 0.717) is 37.5 Å². The minimum absolute atomic E-state index is 0.0595. The lowest BCUT2D eigenvalue weighted by molar-refractivity contribution is -0.138. The molecule has 0 spiro atoms. The summed E-state index contributed by atoms with van der Waals surface area (Å²) in [5.41, 5.74) is 0.00109. The molecule has 1 fully saturated rings. The van der Waals surface area contributed by atoms with Gasteiger partial charge in [0.2, 0.25) is 11.9 Å². The van der Waals surface area contributed by atoms with E-state index in [0.717, 1.165) is 12.4 Å². The Bertz CT molecular complexity index is 1030. The Balaban J connectivity index is 1.41. The van der Waals surface area contributed by atoms with Crippen LogP contribution >= 0.6 is 0 Å². The Morgan fingerprint density at radius 2 is 2.00 bits per heavy atom. The molecular formula is C21H28F3N7O3. The molecule has 186 valence electrons. The van der Waals surface area contributed by atoms with Crippen molar-refractivity contribution in [2.24, 2.45) is 0 Å². The van der Waals surface area contributed by atoms with Gasteiger partial charge in [-0.2, -0.15) is 18.3 Å². The maximum Gasteiger partial charge on any atom is 0.419 e. The van der Waals surface area contributed by atoms with Gasteiger partial charge in [-0.1, -0.05) is 0 Å². The minimum atomic E-state index is -4.48. The number of hydrogen-bond donors (Lipinski definition) is 2. The SMILES string of the molecule is Cc1c(N[C@@H](C)COCCC(=O)N2CCN(c3ncc(C(F)(F)F)cn3)C[C@@H]2C)cn[nH]c1=O. The second kappa shape index (κ2) is 10.8. The van der Waals surface area contributed by atoms with Crippen molar-refractivity contribution in [3.63, 3.8) is 0 Å². The molecule has 3 rings (SSSR count). The topological polar surface area (TPSA) is 116 Å². The van der Waals surface area contributed by atoms with Crippen LogP contribution < -0.4 is 15.8 Å².